The van der Waals surface area contributed by atoms with E-state index in [1.165, 1.54) is 0 Å². The van der Waals surface area contributed by atoms with Crippen LogP contribution in [0.4, 0.5) is 5.82 Å². The van der Waals surface area contributed by atoms with Crippen molar-refractivity contribution in [2.24, 2.45) is 7.05 Å². The molecule has 0 aliphatic carbocycles. The van der Waals surface area contributed by atoms with Crippen LogP contribution < -0.4 is 15.4 Å². The number of aryl methyl sites for hydroxylation is 3. The average molecular weight is 418 g/mol. The van der Waals surface area contributed by atoms with E-state index in [9.17, 15) is 9.59 Å². The third kappa shape index (κ3) is 3.91. The first-order valence-electron chi connectivity index (χ1n) is 10.3. The summed E-state index contributed by atoms with van der Waals surface area (Å²) >= 11 is 0. The monoisotopic (exact) mass is 418 g/mol. The number of hydrogen-bond acceptors (Lipinski definition) is 4. The van der Waals surface area contributed by atoms with E-state index in [4.69, 9.17) is 4.74 Å². The first kappa shape index (κ1) is 20.7. The Morgan fingerprint density at radius 1 is 1.19 bits per heavy atom. The highest BCUT2D eigenvalue weighted by Gasteiger charge is 2.41. The fourth-order valence-electron chi connectivity index (χ4n) is 4.16. The van der Waals surface area contributed by atoms with Crippen molar-refractivity contribution in [3.05, 3.63) is 76.5 Å². The molecular weight excluding hydrogens is 392 g/mol. The molecule has 0 saturated carbocycles. The average Bonchev–Trinajstić information content (AvgIpc) is 3.02. The Bertz CT molecular complexity index is 1130. The molecule has 2 heterocycles. The van der Waals surface area contributed by atoms with Gasteiger partial charge in [0.05, 0.1) is 12.3 Å². The molecule has 1 aliphatic rings. The van der Waals surface area contributed by atoms with E-state index in [0.29, 0.717) is 18.0 Å². The van der Waals surface area contributed by atoms with Crippen molar-refractivity contribution in [3.63, 3.8) is 0 Å². The van der Waals surface area contributed by atoms with Gasteiger partial charge < -0.3 is 15.4 Å². The highest BCUT2D eigenvalue weighted by atomic mass is 16.5. The molecular formula is C24H26N4O3. The lowest BCUT2D eigenvalue weighted by Crippen LogP contribution is -2.50. The number of carbonyl (C=O) groups excluding carboxylic acids is 2. The summed E-state index contributed by atoms with van der Waals surface area (Å²) in [5, 5.41) is 10.4. The molecule has 1 aliphatic heterocycles. The third-order valence-corrected chi connectivity index (χ3v) is 5.55. The molecule has 4 rings (SSSR count). The van der Waals surface area contributed by atoms with Crippen LogP contribution >= 0.6 is 0 Å². The van der Waals surface area contributed by atoms with Crippen molar-refractivity contribution in [3.8, 4) is 5.75 Å². The minimum atomic E-state index is -0.777. The highest BCUT2D eigenvalue weighted by molar-refractivity contribution is 6.04. The van der Waals surface area contributed by atoms with E-state index in [2.05, 4.69) is 15.7 Å². The summed E-state index contributed by atoms with van der Waals surface area (Å²) in [4.78, 5) is 26.1. The quantitative estimate of drug-likeness (QED) is 0.666. The molecule has 0 radical (unpaired) electrons. The Labute approximate surface area is 181 Å². The number of fused-ring (bicyclic) bond motifs is 1. The molecule has 160 valence electrons. The lowest BCUT2D eigenvalue weighted by atomic mass is 9.82. The molecule has 2 aromatic carbocycles. The Morgan fingerprint density at radius 2 is 1.94 bits per heavy atom. The van der Waals surface area contributed by atoms with Crippen molar-refractivity contribution in [2.75, 3.05) is 11.9 Å². The molecule has 31 heavy (non-hydrogen) atoms. The van der Waals surface area contributed by atoms with Gasteiger partial charge in [-0.1, -0.05) is 29.8 Å². The number of rotatable bonds is 5. The van der Waals surface area contributed by atoms with Crippen LogP contribution in [0.2, 0.25) is 0 Å². The Kier molecular flexibility index (Phi) is 5.50. The maximum Gasteiger partial charge on any atom is 0.251 e. The van der Waals surface area contributed by atoms with Crippen molar-refractivity contribution < 1.29 is 14.3 Å². The van der Waals surface area contributed by atoms with Gasteiger partial charge in [-0.15, -0.1) is 0 Å². The van der Waals surface area contributed by atoms with E-state index in [1.807, 2.05) is 63.2 Å². The zero-order valence-corrected chi connectivity index (χ0v) is 18.1. The topological polar surface area (TPSA) is 85.2 Å². The molecule has 2 atom stereocenters. The third-order valence-electron chi connectivity index (χ3n) is 5.55. The summed E-state index contributed by atoms with van der Waals surface area (Å²) in [5.41, 5.74) is 4.12. The van der Waals surface area contributed by atoms with Crippen molar-refractivity contribution >= 4 is 17.6 Å². The van der Waals surface area contributed by atoms with Crippen molar-refractivity contribution in [1.82, 2.24) is 15.1 Å². The van der Waals surface area contributed by atoms with Gasteiger partial charge in [-0.05, 0) is 50.6 Å². The van der Waals surface area contributed by atoms with E-state index >= 15 is 0 Å². The molecule has 0 spiro atoms. The van der Waals surface area contributed by atoms with Crippen molar-refractivity contribution in [1.29, 1.82) is 0 Å². The SMILES string of the molecule is CCOc1ccc([C@@H]2c3c(C)nn(C)c3NC(=O)[C@H]2NC(=O)c2cccc(C)c2)cc1. The Morgan fingerprint density at radius 3 is 2.61 bits per heavy atom. The van der Waals surface area contributed by atoms with Crippen LogP contribution in [0.25, 0.3) is 0 Å². The van der Waals surface area contributed by atoms with Gasteiger partial charge in [-0.25, -0.2) is 0 Å². The van der Waals surface area contributed by atoms with Gasteiger partial charge >= 0.3 is 0 Å². The van der Waals surface area contributed by atoms with Crippen LogP contribution in [0.5, 0.6) is 5.75 Å². The zero-order chi connectivity index (χ0) is 22.1. The van der Waals surface area contributed by atoms with E-state index in [1.54, 1.807) is 17.8 Å². The fraction of sp³-hybridized carbons (Fsp3) is 0.292. The van der Waals surface area contributed by atoms with Crippen LogP contribution in [-0.2, 0) is 11.8 Å². The predicted octanol–water partition coefficient (Wildman–Crippen LogP) is 3.32. The molecule has 1 aromatic heterocycles. The molecule has 7 nitrogen and oxygen atoms in total. The van der Waals surface area contributed by atoms with Crippen LogP contribution in [0, 0.1) is 13.8 Å². The maximum atomic E-state index is 13.1. The summed E-state index contributed by atoms with van der Waals surface area (Å²) in [6.45, 7) is 6.35. The summed E-state index contributed by atoms with van der Waals surface area (Å²) in [6.07, 6.45) is 0. The van der Waals surface area contributed by atoms with Gasteiger partial charge in [0.1, 0.15) is 17.6 Å². The smallest absolute Gasteiger partial charge is 0.251 e. The first-order chi connectivity index (χ1) is 14.9. The predicted molar refractivity (Wildman–Crippen MR) is 118 cm³/mol. The Hall–Kier alpha value is -3.61. The van der Waals surface area contributed by atoms with Crippen LogP contribution in [-0.4, -0.2) is 34.2 Å². The molecule has 0 bridgehead atoms. The fourth-order valence-corrected chi connectivity index (χ4v) is 4.16. The van der Waals surface area contributed by atoms with Crippen LogP contribution in [0.1, 0.15) is 45.6 Å². The number of nitrogens with zero attached hydrogens (tertiary/aromatic N) is 2. The molecule has 7 heteroatoms. The van der Waals surface area contributed by atoms with E-state index < -0.39 is 6.04 Å². The molecule has 2 N–H and O–H groups in total. The molecule has 3 aromatic rings. The van der Waals surface area contributed by atoms with E-state index in [0.717, 1.165) is 28.1 Å². The number of amides is 2. The second-order valence-electron chi connectivity index (χ2n) is 7.76. The lowest BCUT2D eigenvalue weighted by Gasteiger charge is -2.32. The van der Waals surface area contributed by atoms with E-state index in [-0.39, 0.29) is 17.7 Å². The minimum Gasteiger partial charge on any atom is -0.494 e. The summed E-state index contributed by atoms with van der Waals surface area (Å²) < 4.78 is 7.23. The van der Waals surface area contributed by atoms with Gasteiger partial charge in [0, 0.05) is 24.1 Å². The molecule has 0 saturated heterocycles. The number of carbonyl (C=O) groups is 2. The first-order valence-corrected chi connectivity index (χ1v) is 10.3. The van der Waals surface area contributed by atoms with Crippen molar-refractivity contribution in [2.45, 2.75) is 32.7 Å². The maximum absolute atomic E-state index is 13.1. The van der Waals surface area contributed by atoms with Crippen LogP contribution in [0.15, 0.2) is 48.5 Å². The summed E-state index contributed by atoms with van der Waals surface area (Å²) in [7, 11) is 1.80. The van der Waals surface area contributed by atoms with Gasteiger partial charge in [0.25, 0.3) is 5.91 Å². The lowest BCUT2D eigenvalue weighted by molar-refractivity contribution is -0.118. The summed E-state index contributed by atoms with van der Waals surface area (Å²) in [6, 6.07) is 14.2. The van der Waals surface area contributed by atoms with Crippen LogP contribution in [0.3, 0.4) is 0 Å². The second kappa shape index (κ2) is 8.26. The number of benzene rings is 2. The number of nitrogens with one attached hydrogen (secondary N) is 2. The second-order valence-corrected chi connectivity index (χ2v) is 7.76. The number of ether oxygens (including phenoxy) is 1. The number of hydrogen-bond donors (Lipinski definition) is 2. The molecule has 2 amide bonds. The zero-order valence-electron chi connectivity index (χ0n) is 18.1. The van der Waals surface area contributed by atoms with Gasteiger partial charge in [-0.2, -0.15) is 5.10 Å². The summed E-state index contributed by atoms with van der Waals surface area (Å²) in [5.74, 6) is 0.486. The normalized spacial score (nSPS) is 17.6. The molecule has 0 unspecified atom stereocenters. The minimum absolute atomic E-state index is 0.268. The Balaban J connectivity index is 1.75. The van der Waals surface area contributed by atoms with Gasteiger partial charge in [0.2, 0.25) is 5.91 Å². The standard InChI is InChI=1S/C24H26N4O3/c1-5-31-18-11-9-16(10-12-18)20-19-15(3)27-28(4)22(19)26-24(30)21(20)25-23(29)17-8-6-7-14(2)13-17/h6-13,20-21H,5H2,1-4H3,(H,25,29)(H,26,30)/t20-,21+/m1/s1. The highest BCUT2D eigenvalue weighted by Crippen LogP contribution is 2.39. The number of aromatic nitrogens is 2. The van der Waals surface area contributed by atoms with Gasteiger partial charge in [-0.3, -0.25) is 14.3 Å². The van der Waals surface area contributed by atoms with Gasteiger partial charge in [0.15, 0.2) is 0 Å². The number of anilines is 1. The largest absolute Gasteiger partial charge is 0.494 e. The molecule has 0 fully saturated rings.